The van der Waals surface area contributed by atoms with Crippen LogP contribution < -0.4 is 11.2 Å². The molecule has 0 radical (unpaired) electrons. The summed E-state index contributed by atoms with van der Waals surface area (Å²) in [7, 11) is -2.45. The van der Waals surface area contributed by atoms with E-state index in [4.69, 9.17) is 18.7 Å². The Kier molecular flexibility index (Phi) is 11.3. The van der Waals surface area contributed by atoms with Gasteiger partial charge in [-0.25, -0.2) is 9.18 Å². The fourth-order valence-electron chi connectivity index (χ4n) is 4.86. The highest BCUT2D eigenvalue weighted by molar-refractivity contribution is 7.39. The van der Waals surface area contributed by atoms with Crippen LogP contribution in [-0.4, -0.2) is 58.7 Å². The van der Waals surface area contributed by atoms with Crippen molar-refractivity contribution in [3.63, 3.8) is 0 Å². The van der Waals surface area contributed by atoms with Gasteiger partial charge in [0.25, 0.3) is 5.56 Å². The van der Waals surface area contributed by atoms with E-state index in [0.717, 1.165) is 43.1 Å². The maximum Gasteiger partial charge on any atom is 0.330 e. The van der Waals surface area contributed by atoms with Gasteiger partial charge in [0.2, 0.25) is 0 Å². The van der Waals surface area contributed by atoms with Crippen LogP contribution in [0, 0.1) is 12.8 Å². The fraction of sp³-hybridized carbons (Fsp3) is 0.760. The predicted octanol–water partition coefficient (Wildman–Crippen LogP) is 3.19. The van der Waals surface area contributed by atoms with Crippen molar-refractivity contribution >= 4 is 20.0 Å². The summed E-state index contributed by atoms with van der Waals surface area (Å²) >= 11 is 0. The lowest BCUT2D eigenvalue weighted by Gasteiger charge is -2.24. The molecule has 1 aliphatic carbocycles. The lowest BCUT2D eigenvalue weighted by Crippen LogP contribution is -2.39. The van der Waals surface area contributed by atoms with Gasteiger partial charge < -0.3 is 18.7 Å². The number of carbonyl (C=O) groups is 2. The van der Waals surface area contributed by atoms with Crippen molar-refractivity contribution < 1.29 is 37.3 Å². The molecule has 1 aromatic heterocycles. The summed E-state index contributed by atoms with van der Waals surface area (Å²) < 4.78 is 50.8. The van der Waals surface area contributed by atoms with E-state index in [1.54, 1.807) is 13.8 Å². The van der Waals surface area contributed by atoms with Gasteiger partial charge in [0.05, 0.1) is 19.4 Å². The largest absolute Gasteiger partial charge is 0.462 e. The number of H-pyrrole nitrogens is 1. The molecule has 0 spiro atoms. The molecule has 1 saturated heterocycles. The van der Waals surface area contributed by atoms with Crippen molar-refractivity contribution in [1.29, 1.82) is 0 Å². The SMILES string of the molecule is CCO[PH](=O)C[C@H](C)[C@H]1O[C@@H](n2cc(C)c(=O)[nH]c2=O)[C@H](F)[C@@H]1OC(=O)CCC(=O)OC1CCCCCC1. The number of nitrogens with zero attached hydrogens (tertiary/aromatic N) is 1. The Balaban J connectivity index is 1.69. The van der Waals surface area contributed by atoms with Crippen molar-refractivity contribution in [3.05, 3.63) is 32.6 Å². The van der Waals surface area contributed by atoms with E-state index >= 15 is 4.39 Å². The third-order valence-corrected chi connectivity index (χ3v) is 8.47. The lowest BCUT2D eigenvalue weighted by atomic mass is 10.0. The Labute approximate surface area is 221 Å². The van der Waals surface area contributed by atoms with Crippen molar-refractivity contribution in [2.24, 2.45) is 5.92 Å². The number of carbonyl (C=O) groups excluding carboxylic acids is 2. The standard InChI is InChI=1S/C25H38FN2O9P/c1-4-34-38(33)14-16(3)21-22(20(26)24(37-21)28-13-15(2)23(31)27-25(28)32)36-19(30)12-11-18(29)35-17-9-7-5-6-8-10-17/h13,16-17,20-22,24,38H,4-12,14H2,1-3H3,(H,27,31,32)/t16-,20+,21+,22-,24+/m0/s1. The average Bonchev–Trinajstić information content (AvgIpc) is 3.00. The highest BCUT2D eigenvalue weighted by atomic mass is 31.1. The molecule has 1 aliphatic heterocycles. The quantitative estimate of drug-likeness (QED) is 0.245. The number of halogens is 1. The maximum atomic E-state index is 15.7. The van der Waals surface area contributed by atoms with E-state index in [0.29, 0.717) is 0 Å². The number of rotatable bonds is 11. The van der Waals surface area contributed by atoms with Gasteiger partial charge in [0.15, 0.2) is 26.5 Å². The van der Waals surface area contributed by atoms with Crippen molar-refractivity contribution in [2.75, 3.05) is 12.8 Å². The van der Waals surface area contributed by atoms with Crippen LogP contribution in [0.25, 0.3) is 0 Å². The van der Waals surface area contributed by atoms with Crippen molar-refractivity contribution in [3.8, 4) is 0 Å². The van der Waals surface area contributed by atoms with Gasteiger partial charge in [-0.3, -0.25) is 28.5 Å². The Bertz CT molecular complexity index is 1100. The summed E-state index contributed by atoms with van der Waals surface area (Å²) in [4.78, 5) is 51.2. The number of alkyl halides is 1. The molecule has 1 unspecified atom stereocenters. The first-order chi connectivity index (χ1) is 18.1. The molecule has 2 heterocycles. The molecule has 1 aromatic rings. The van der Waals surface area contributed by atoms with E-state index < -0.39 is 61.7 Å². The molecular formula is C25H38FN2O9P. The summed E-state index contributed by atoms with van der Waals surface area (Å²) in [5, 5.41) is 0. The van der Waals surface area contributed by atoms with E-state index in [9.17, 15) is 23.7 Å². The highest BCUT2D eigenvalue weighted by Crippen LogP contribution is 2.39. The van der Waals surface area contributed by atoms with Crippen molar-refractivity contribution in [2.45, 2.75) is 103 Å². The molecule has 1 saturated carbocycles. The second-order valence-electron chi connectivity index (χ2n) is 9.96. The molecule has 2 aliphatic rings. The van der Waals surface area contributed by atoms with Crippen LogP contribution in [0.5, 0.6) is 0 Å². The predicted molar refractivity (Wildman–Crippen MR) is 136 cm³/mol. The fourth-order valence-corrected chi connectivity index (χ4v) is 6.06. The number of aromatic nitrogens is 2. The normalized spacial score (nSPS) is 25.9. The second kappa shape index (κ2) is 14.2. The number of aryl methyl sites for hydroxylation is 1. The zero-order valence-electron chi connectivity index (χ0n) is 22.1. The highest BCUT2D eigenvalue weighted by Gasteiger charge is 2.51. The van der Waals surface area contributed by atoms with Crippen LogP contribution in [0.2, 0.25) is 0 Å². The van der Waals surface area contributed by atoms with Crippen LogP contribution in [0.4, 0.5) is 4.39 Å². The van der Waals surface area contributed by atoms with Gasteiger partial charge in [-0.1, -0.05) is 19.8 Å². The molecule has 6 atom stereocenters. The molecule has 38 heavy (non-hydrogen) atoms. The molecule has 13 heteroatoms. The third-order valence-electron chi connectivity index (χ3n) is 6.88. The van der Waals surface area contributed by atoms with Gasteiger partial charge >= 0.3 is 17.6 Å². The van der Waals surface area contributed by atoms with Gasteiger partial charge in [-0.05, 0) is 45.4 Å². The molecule has 0 aromatic carbocycles. The van der Waals surface area contributed by atoms with E-state index in [1.165, 1.54) is 13.1 Å². The van der Waals surface area contributed by atoms with Crippen molar-refractivity contribution in [1.82, 2.24) is 9.55 Å². The molecule has 0 bridgehead atoms. The van der Waals surface area contributed by atoms with E-state index in [-0.39, 0.29) is 37.3 Å². The summed E-state index contributed by atoms with van der Waals surface area (Å²) in [5.74, 6) is -1.89. The molecule has 2 fully saturated rings. The van der Waals surface area contributed by atoms with Crippen LogP contribution in [0.15, 0.2) is 15.8 Å². The molecule has 214 valence electrons. The van der Waals surface area contributed by atoms with Gasteiger partial charge in [-0.15, -0.1) is 0 Å². The van der Waals surface area contributed by atoms with E-state index in [2.05, 4.69) is 4.98 Å². The maximum absolute atomic E-state index is 15.7. The molecule has 0 amide bonds. The monoisotopic (exact) mass is 560 g/mol. The number of esters is 2. The van der Waals surface area contributed by atoms with E-state index in [1.807, 2.05) is 0 Å². The average molecular weight is 561 g/mol. The summed E-state index contributed by atoms with van der Waals surface area (Å²) in [5.41, 5.74) is -1.33. The van der Waals surface area contributed by atoms with Crippen LogP contribution in [0.3, 0.4) is 0 Å². The number of nitrogens with one attached hydrogen (secondary N) is 1. The molecular weight excluding hydrogens is 522 g/mol. The topological polar surface area (TPSA) is 143 Å². The minimum absolute atomic E-state index is 0.0456. The first kappa shape index (κ1) is 30.2. The van der Waals surface area contributed by atoms with Gasteiger partial charge in [0.1, 0.15) is 12.2 Å². The van der Waals surface area contributed by atoms with Gasteiger partial charge in [-0.2, -0.15) is 0 Å². The van der Waals surface area contributed by atoms with Crippen LogP contribution >= 0.6 is 8.03 Å². The summed E-state index contributed by atoms with van der Waals surface area (Å²) in [6.07, 6.45) is 0.413. The molecule has 1 N–H and O–H groups in total. The summed E-state index contributed by atoms with van der Waals surface area (Å²) in [6.45, 7) is 5.05. The lowest BCUT2D eigenvalue weighted by molar-refractivity contribution is -0.159. The molecule has 3 rings (SSSR count). The summed E-state index contributed by atoms with van der Waals surface area (Å²) in [6, 6.07) is 0. The first-order valence-electron chi connectivity index (χ1n) is 13.3. The zero-order valence-corrected chi connectivity index (χ0v) is 23.1. The number of aromatic amines is 1. The van der Waals surface area contributed by atoms with Crippen LogP contribution in [-0.2, 0) is 32.9 Å². The minimum atomic E-state index is -2.45. The van der Waals surface area contributed by atoms with Crippen LogP contribution in [0.1, 0.15) is 77.0 Å². The number of hydrogen-bond acceptors (Lipinski definition) is 9. The zero-order chi connectivity index (χ0) is 27.8. The Hall–Kier alpha value is -2.30. The Morgan fingerprint density at radius 3 is 2.42 bits per heavy atom. The first-order valence-corrected chi connectivity index (χ1v) is 14.8. The number of hydrogen-bond donors (Lipinski definition) is 1. The Morgan fingerprint density at radius 1 is 1.16 bits per heavy atom. The number of ether oxygens (including phenoxy) is 3. The van der Waals surface area contributed by atoms with Gasteiger partial charge in [0, 0.05) is 17.9 Å². The Morgan fingerprint density at radius 2 is 1.79 bits per heavy atom. The smallest absolute Gasteiger partial charge is 0.330 e. The second-order valence-corrected chi connectivity index (χ2v) is 11.4. The minimum Gasteiger partial charge on any atom is -0.462 e. The third kappa shape index (κ3) is 8.10. The molecule has 11 nitrogen and oxygen atoms in total.